The largest absolute Gasteiger partial charge is 0.378 e. The average molecular weight is 436 g/mol. The molecule has 166 valence electrons. The molecule has 32 heavy (non-hydrogen) atoms. The first-order chi connectivity index (χ1) is 15.3. The van der Waals surface area contributed by atoms with Crippen molar-refractivity contribution in [3.05, 3.63) is 40.6 Å². The van der Waals surface area contributed by atoms with Gasteiger partial charge in [-0.2, -0.15) is 5.10 Å². The lowest BCUT2D eigenvalue weighted by molar-refractivity contribution is -0.136. The van der Waals surface area contributed by atoms with Crippen molar-refractivity contribution >= 4 is 35.1 Å². The fourth-order valence-corrected chi connectivity index (χ4v) is 4.80. The Labute approximate surface area is 184 Å². The summed E-state index contributed by atoms with van der Waals surface area (Å²) in [6.45, 7) is 5.39. The highest BCUT2D eigenvalue weighted by Crippen LogP contribution is 2.35. The van der Waals surface area contributed by atoms with Crippen molar-refractivity contribution in [2.24, 2.45) is 7.05 Å². The number of hydrogen-bond donors (Lipinski definition) is 2. The number of aryl methyl sites for hydroxylation is 2. The Morgan fingerprint density at radius 1 is 1.12 bits per heavy atom. The van der Waals surface area contributed by atoms with Crippen LogP contribution in [-0.4, -0.2) is 56.9 Å². The molecule has 0 saturated carbocycles. The number of benzene rings is 1. The van der Waals surface area contributed by atoms with E-state index in [-0.39, 0.29) is 30.4 Å². The number of rotatable bonds is 3. The van der Waals surface area contributed by atoms with E-state index in [1.54, 1.807) is 12.1 Å². The number of imide groups is 2. The summed E-state index contributed by atoms with van der Waals surface area (Å²) in [5.74, 6) is -1.00. The van der Waals surface area contributed by atoms with Crippen LogP contribution in [0.4, 0.5) is 11.5 Å². The summed E-state index contributed by atoms with van der Waals surface area (Å²) in [6.07, 6.45) is 0.242. The number of nitrogens with zero attached hydrogens (tertiary/aromatic N) is 4. The average Bonchev–Trinajstić information content (AvgIpc) is 3.17. The van der Waals surface area contributed by atoms with Crippen molar-refractivity contribution in [3.63, 3.8) is 0 Å². The van der Waals surface area contributed by atoms with E-state index >= 15 is 0 Å². The molecule has 1 aromatic carbocycles. The molecule has 0 spiro atoms. The van der Waals surface area contributed by atoms with E-state index in [1.807, 2.05) is 24.7 Å². The molecular weight excluding hydrogens is 412 g/mol. The molecule has 2 aromatic rings. The summed E-state index contributed by atoms with van der Waals surface area (Å²) in [5.41, 5.74) is 3.39. The van der Waals surface area contributed by atoms with E-state index in [9.17, 15) is 19.2 Å². The number of aromatic nitrogens is 2. The zero-order valence-electron chi connectivity index (χ0n) is 18.1. The monoisotopic (exact) mass is 436 g/mol. The van der Waals surface area contributed by atoms with Crippen molar-refractivity contribution in [2.45, 2.75) is 45.3 Å². The molecule has 10 nitrogen and oxygen atoms in total. The van der Waals surface area contributed by atoms with E-state index in [1.165, 1.54) is 0 Å². The SMILES string of the molecule is Cc1nn(C)c2c1NCC(C)N2Cc1ccc2c(c1)C(=O)N(C1CCC(=O)NC1=O)C2=O. The Balaban J connectivity index is 1.44. The van der Waals surface area contributed by atoms with E-state index in [4.69, 9.17) is 0 Å². The number of anilines is 2. The van der Waals surface area contributed by atoms with Crippen molar-refractivity contribution < 1.29 is 19.2 Å². The van der Waals surface area contributed by atoms with Gasteiger partial charge in [0.15, 0.2) is 5.82 Å². The predicted molar refractivity (Wildman–Crippen MR) is 115 cm³/mol. The first kappa shape index (κ1) is 20.2. The van der Waals surface area contributed by atoms with Crippen molar-refractivity contribution in [3.8, 4) is 0 Å². The number of amides is 4. The van der Waals surface area contributed by atoms with Gasteiger partial charge in [-0.15, -0.1) is 0 Å². The third kappa shape index (κ3) is 2.97. The molecule has 1 saturated heterocycles. The van der Waals surface area contributed by atoms with E-state index < -0.39 is 23.8 Å². The molecule has 0 bridgehead atoms. The molecule has 3 aliphatic heterocycles. The minimum atomic E-state index is -0.961. The highest BCUT2D eigenvalue weighted by Gasteiger charge is 2.44. The van der Waals surface area contributed by atoms with Gasteiger partial charge in [-0.1, -0.05) is 6.07 Å². The Hall–Kier alpha value is -3.69. The van der Waals surface area contributed by atoms with E-state index in [0.29, 0.717) is 12.1 Å². The molecule has 4 amide bonds. The molecule has 2 N–H and O–H groups in total. The molecule has 1 aromatic heterocycles. The summed E-state index contributed by atoms with van der Waals surface area (Å²) in [7, 11) is 1.90. The van der Waals surface area contributed by atoms with Crippen LogP contribution >= 0.6 is 0 Å². The fourth-order valence-electron chi connectivity index (χ4n) is 4.80. The molecule has 2 unspecified atom stereocenters. The number of hydrogen-bond acceptors (Lipinski definition) is 7. The number of carbonyl (C=O) groups excluding carboxylic acids is 4. The van der Waals surface area contributed by atoms with Crippen LogP contribution in [0.15, 0.2) is 18.2 Å². The van der Waals surface area contributed by atoms with Gasteiger partial charge in [0.25, 0.3) is 11.8 Å². The minimum absolute atomic E-state index is 0.0996. The summed E-state index contributed by atoms with van der Waals surface area (Å²) >= 11 is 0. The van der Waals surface area contributed by atoms with Crippen LogP contribution in [0.3, 0.4) is 0 Å². The Morgan fingerprint density at radius 3 is 2.62 bits per heavy atom. The lowest BCUT2D eigenvalue weighted by Gasteiger charge is -2.36. The zero-order valence-corrected chi connectivity index (χ0v) is 18.1. The van der Waals surface area contributed by atoms with Crippen LogP contribution in [0.5, 0.6) is 0 Å². The van der Waals surface area contributed by atoms with Crippen LogP contribution in [0.1, 0.15) is 51.7 Å². The summed E-state index contributed by atoms with van der Waals surface area (Å²) < 4.78 is 1.85. The molecule has 0 aliphatic carbocycles. The number of nitrogens with one attached hydrogen (secondary N) is 2. The van der Waals surface area contributed by atoms with Crippen molar-refractivity contribution in [1.82, 2.24) is 20.0 Å². The topological polar surface area (TPSA) is 117 Å². The van der Waals surface area contributed by atoms with Crippen LogP contribution in [0, 0.1) is 6.92 Å². The maximum atomic E-state index is 13.1. The second kappa shape index (κ2) is 7.18. The van der Waals surface area contributed by atoms with E-state index in [2.05, 4.69) is 27.6 Å². The van der Waals surface area contributed by atoms with Gasteiger partial charge in [0.1, 0.15) is 11.7 Å². The van der Waals surface area contributed by atoms with Crippen LogP contribution in [0.2, 0.25) is 0 Å². The van der Waals surface area contributed by atoms with Crippen LogP contribution in [0.25, 0.3) is 0 Å². The molecular formula is C22H24N6O4. The third-order valence-electron chi connectivity index (χ3n) is 6.43. The zero-order chi connectivity index (χ0) is 22.7. The number of carbonyl (C=O) groups is 4. The fraction of sp³-hybridized carbons (Fsp3) is 0.409. The molecule has 4 heterocycles. The number of piperidine rings is 1. The van der Waals surface area contributed by atoms with Gasteiger partial charge in [-0.3, -0.25) is 34.1 Å². The summed E-state index contributed by atoms with van der Waals surface area (Å²) in [6, 6.07) is 4.47. The molecule has 3 aliphatic rings. The Bertz CT molecular complexity index is 1190. The quantitative estimate of drug-likeness (QED) is 0.688. The van der Waals surface area contributed by atoms with Gasteiger partial charge >= 0.3 is 0 Å². The van der Waals surface area contributed by atoms with Gasteiger partial charge in [0.2, 0.25) is 11.8 Å². The third-order valence-corrected chi connectivity index (χ3v) is 6.43. The highest BCUT2D eigenvalue weighted by atomic mass is 16.2. The lowest BCUT2D eigenvalue weighted by atomic mass is 10.0. The molecule has 5 rings (SSSR count). The molecule has 0 radical (unpaired) electrons. The summed E-state index contributed by atoms with van der Waals surface area (Å²) in [4.78, 5) is 52.9. The predicted octanol–water partition coefficient (Wildman–Crippen LogP) is 0.950. The summed E-state index contributed by atoms with van der Waals surface area (Å²) in [5, 5.41) is 10.2. The minimum Gasteiger partial charge on any atom is -0.378 e. The standard InChI is InChI=1S/C22H24N6O4/c1-11-9-23-18-12(2)25-26(3)20(18)27(11)10-13-4-5-14-15(8-13)22(32)28(21(14)31)16-6-7-17(29)24-19(16)30/h4-5,8,11,16,23H,6-7,9-10H2,1-3H3,(H,24,29,30). The first-order valence-electron chi connectivity index (χ1n) is 10.6. The number of fused-ring (bicyclic) bond motifs is 2. The van der Waals surface area contributed by atoms with Crippen LogP contribution in [-0.2, 0) is 23.2 Å². The van der Waals surface area contributed by atoms with E-state index in [0.717, 1.165) is 34.2 Å². The van der Waals surface area contributed by atoms with Gasteiger partial charge in [0, 0.05) is 32.6 Å². The van der Waals surface area contributed by atoms with Gasteiger partial charge in [0.05, 0.1) is 16.8 Å². The maximum Gasteiger partial charge on any atom is 0.262 e. The molecule has 10 heteroatoms. The van der Waals surface area contributed by atoms with Gasteiger partial charge in [-0.05, 0) is 38.0 Å². The van der Waals surface area contributed by atoms with Gasteiger partial charge in [-0.25, -0.2) is 0 Å². The lowest BCUT2D eigenvalue weighted by Crippen LogP contribution is -2.54. The second-order valence-electron chi connectivity index (χ2n) is 8.59. The van der Waals surface area contributed by atoms with Crippen molar-refractivity contribution in [1.29, 1.82) is 0 Å². The second-order valence-corrected chi connectivity index (χ2v) is 8.59. The van der Waals surface area contributed by atoms with Crippen LogP contribution < -0.4 is 15.5 Å². The maximum absolute atomic E-state index is 13.1. The van der Waals surface area contributed by atoms with Crippen molar-refractivity contribution in [2.75, 3.05) is 16.8 Å². The van der Waals surface area contributed by atoms with Gasteiger partial charge < -0.3 is 10.2 Å². The first-order valence-corrected chi connectivity index (χ1v) is 10.6. The molecule has 1 fully saturated rings. The molecule has 2 atom stereocenters. The normalized spacial score (nSPS) is 22.6. The Kier molecular flexibility index (Phi) is 4.54. The Morgan fingerprint density at radius 2 is 1.88 bits per heavy atom. The highest BCUT2D eigenvalue weighted by molar-refractivity contribution is 6.23. The smallest absolute Gasteiger partial charge is 0.262 e.